The van der Waals surface area contributed by atoms with Gasteiger partial charge >= 0.3 is 0 Å². The predicted molar refractivity (Wildman–Crippen MR) is 76.2 cm³/mol. The summed E-state index contributed by atoms with van der Waals surface area (Å²) in [5.74, 6) is 3.14. The summed E-state index contributed by atoms with van der Waals surface area (Å²) in [6.07, 6.45) is 11.1. The van der Waals surface area contributed by atoms with E-state index < -0.39 is 0 Å². The van der Waals surface area contributed by atoms with E-state index in [1.54, 1.807) is 5.69 Å². The Morgan fingerprint density at radius 3 is 2.68 bits per heavy atom. The van der Waals surface area contributed by atoms with Crippen molar-refractivity contribution in [2.45, 2.75) is 70.4 Å². The fourth-order valence-electron chi connectivity index (χ4n) is 4.02. The molecule has 2 aliphatic carbocycles. The number of hydrogen-bond donors (Lipinski definition) is 1. The average Bonchev–Trinajstić information content (AvgIpc) is 3.01. The first-order chi connectivity index (χ1) is 9.42. The van der Waals surface area contributed by atoms with Crippen molar-refractivity contribution in [3.63, 3.8) is 0 Å². The van der Waals surface area contributed by atoms with E-state index in [9.17, 15) is 0 Å². The summed E-state index contributed by atoms with van der Waals surface area (Å²) in [6, 6.07) is 0. The van der Waals surface area contributed by atoms with E-state index in [-0.39, 0.29) is 0 Å². The van der Waals surface area contributed by atoms with Crippen molar-refractivity contribution >= 4 is 0 Å². The lowest BCUT2D eigenvalue weighted by Crippen LogP contribution is -2.27. The number of hydrogen-bond acceptors (Lipinski definition) is 2. The van der Waals surface area contributed by atoms with Crippen molar-refractivity contribution in [2.75, 3.05) is 6.54 Å². The Morgan fingerprint density at radius 1 is 1.11 bits per heavy atom. The monoisotopic (exact) mass is 259 g/mol. The van der Waals surface area contributed by atoms with Gasteiger partial charge < -0.3 is 9.88 Å². The fourth-order valence-corrected chi connectivity index (χ4v) is 4.02. The zero-order valence-corrected chi connectivity index (χ0v) is 11.8. The van der Waals surface area contributed by atoms with Gasteiger partial charge in [0, 0.05) is 37.7 Å². The van der Waals surface area contributed by atoms with Crippen LogP contribution in [0.1, 0.15) is 68.1 Å². The van der Waals surface area contributed by atoms with Gasteiger partial charge in [0.1, 0.15) is 5.82 Å². The lowest BCUT2D eigenvalue weighted by Gasteiger charge is -2.28. The molecule has 4 rings (SSSR count). The molecule has 0 unspecified atom stereocenters. The van der Waals surface area contributed by atoms with Gasteiger partial charge in [0.15, 0.2) is 0 Å². The summed E-state index contributed by atoms with van der Waals surface area (Å²) < 4.78 is 2.65. The van der Waals surface area contributed by atoms with E-state index >= 15 is 0 Å². The predicted octanol–water partition coefficient (Wildman–Crippen LogP) is 2.99. The molecule has 0 radical (unpaired) electrons. The van der Waals surface area contributed by atoms with Crippen LogP contribution in [0.2, 0.25) is 0 Å². The van der Waals surface area contributed by atoms with E-state index in [0.29, 0.717) is 0 Å². The Balaban J connectivity index is 1.68. The number of fused-ring (bicyclic) bond motifs is 1. The first-order valence-corrected chi connectivity index (χ1v) is 8.20. The summed E-state index contributed by atoms with van der Waals surface area (Å²) in [6.45, 7) is 3.38. The second-order valence-corrected chi connectivity index (χ2v) is 6.68. The maximum atomic E-state index is 5.04. The van der Waals surface area contributed by atoms with Gasteiger partial charge in [-0.1, -0.05) is 19.3 Å². The summed E-state index contributed by atoms with van der Waals surface area (Å²) in [4.78, 5) is 5.04. The van der Waals surface area contributed by atoms with Crippen LogP contribution < -0.4 is 5.32 Å². The number of nitrogens with one attached hydrogen (secondary N) is 1. The summed E-state index contributed by atoms with van der Waals surface area (Å²) in [5, 5.41) is 3.48. The fraction of sp³-hybridized carbons (Fsp3) is 0.812. The minimum atomic E-state index is 0.755. The molecule has 2 heterocycles. The smallest absolute Gasteiger partial charge is 0.112 e. The molecule has 0 bridgehead atoms. The molecule has 2 fully saturated rings. The number of imidazole rings is 1. The van der Waals surface area contributed by atoms with Gasteiger partial charge in [-0.25, -0.2) is 4.98 Å². The van der Waals surface area contributed by atoms with Crippen molar-refractivity contribution in [1.82, 2.24) is 14.9 Å². The Hall–Kier alpha value is -0.830. The molecule has 1 aromatic rings. The van der Waals surface area contributed by atoms with Gasteiger partial charge in [0.2, 0.25) is 0 Å². The third kappa shape index (κ3) is 2.12. The van der Waals surface area contributed by atoms with Crippen molar-refractivity contribution in [1.29, 1.82) is 0 Å². The van der Waals surface area contributed by atoms with Gasteiger partial charge in [-0.2, -0.15) is 0 Å². The molecule has 104 valence electrons. The lowest BCUT2D eigenvalue weighted by atomic mass is 9.85. The third-order valence-corrected chi connectivity index (χ3v) is 5.40. The van der Waals surface area contributed by atoms with Gasteiger partial charge in [0.25, 0.3) is 0 Å². The van der Waals surface area contributed by atoms with Crippen LogP contribution in [0.5, 0.6) is 0 Å². The number of nitrogens with zero attached hydrogens (tertiary/aromatic N) is 2. The Morgan fingerprint density at radius 2 is 1.95 bits per heavy atom. The molecule has 19 heavy (non-hydrogen) atoms. The Labute approximate surface area is 115 Å². The minimum absolute atomic E-state index is 0.755. The van der Waals surface area contributed by atoms with E-state index in [2.05, 4.69) is 9.88 Å². The topological polar surface area (TPSA) is 29.9 Å². The molecule has 0 atom stereocenters. The zero-order valence-electron chi connectivity index (χ0n) is 11.8. The number of aromatic nitrogens is 2. The normalized spacial score (nSPS) is 24.4. The average molecular weight is 259 g/mol. The second kappa shape index (κ2) is 4.93. The molecule has 1 N–H and O–H groups in total. The molecule has 0 spiro atoms. The SMILES string of the molecule is C1CC(Cn2c(C3CCCC3)nc3c2CCNC3)C1. The molecule has 2 saturated carbocycles. The Bertz CT molecular complexity index is 453. The van der Waals surface area contributed by atoms with Gasteiger partial charge in [-0.05, 0) is 31.6 Å². The summed E-state index contributed by atoms with van der Waals surface area (Å²) in [5.41, 5.74) is 2.92. The van der Waals surface area contributed by atoms with Crippen molar-refractivity contribution < 1.29 is 0 Å². The number of rotatable bonds is 3. The molecule has 0 aromatic carbocycles. The summed E-state index contributed by atoms with van der Waals surface area (Å²) in [7, 11) is 0. The maximum Gasteiger partial charge on any atom is 0.112 e. The molecular formula is C16H25N3. The van der Waals surface area contributed by atoms with Gasteiger partial charge in [-0.15, -0.1) is 0 Å². The van der Waals surface area contributed by atoms with Crippen LogP contribution in [-0.2, 0) is 19.5 Å². The molecule has 3 heteroatoms. The van der Waals surface area contributed by atoms with E-state index in [1.165, 1.54) is 69.4 Å². The van der Waals surface area contributed by atoms with Crippen LogP contribution in [0.4, 0.5) is 0 Å². The minimum Gasteiger partial charge on any atom is -0.331 e. The molecule has 3 nitrogen and oxygen atoms in total. The third-order valence-electron chi connectivity index (χ3n) is 5.40. The summed E-state index contributed by atoms with van der Waals surface area (Å²) >= 11 is 0. The van der Waals surface area contributed by atoms with E-state index in [1.807, 2.05) is 0 Å². The van der Waals surface area contributed by atoms with Crippen LogP contribution in [0, 0.1) is 5.92 Å². The molecule has 3 aliphatic rings. The maximum absolute atomic E-state index is 5.04. The molecular weight excluding hydrogens is 234 g/mol. The van der Waals surface area contributed by atoms with Crippen LogP contribution >= 0.6 is 0 Å². The quantitative estimate of drug-likeness (QED) is 0.904. The van der Waals surface area contributed by atoms with Gasteiger partial charge in [0.05, 0.1) is 5.69 Å². The first kappa shape index (κ1) is 12.0. The zero-order chi connectivity index (χ0) is 12.7. The Kier molecular flexibility index (Phi) is 3.10. The van der Waals surface area contributed by atoms with Gasteiger partial charge in [-0.3, -0.25) is 0 Å². The molecule has 1 aromatic heterocycles. The highest BCUT2D eigenvalue weighted by Gasteiger charge is 2.29. The highest BCUT2D eigenvalue weighted by atomic mass is 15.1. The van der Waals surface area contributed by atoms with Crippen molar-refractivity contribution in [3.05, 3.63) is 17.2 Å². The standard InChI is InChI=1S/C16H25N3/c1-2-7-13(6-1)16-18-14-10-17-9-8-15(14)19(16)11-12-4-3-5-12/h12-13,17H,1-11H2. The highest BCUT2D eigenvalue weighted by Crippen LogP contribution is 2.37. The largest absolute Gasteiger partial charge is 0.331 e. The van der Waals surface area contributed by atoms with Crippen LogP contribution in [0.3, 0.4) is 0 Å². The second-order valence-electron chi connectivity index (χ2n) is 6.68. The lowest BCUT2D eigenvalue weighted by molar-refractivity contribution is 0.268. The van der Waals surface area contributed by atoms with E-state index in [0.717, 1.165) is 24.9 Å². The highest BCUT2D eigenvalue weighted by molar-refractivity contribution is 5.22. The van der Waals surface area contributed by atoms with Crippen LogP contribution in [0.15, 0.2) is 0 Å². The van der Waals surface area contributed by atoms with E-state index in [4.69, 9.17) is 4.98 Å². The van der Waals surface area contributed by atoms with Crippen LogP contribution in [0.25, 0.3) is 0 Å². The van der Waals surface area contributed by atoms with Crippen LogP contribution in [-0.4, -0.2) is 16.1 Å². The van der Waals surface area contributed by atoms with Crippen molar-refractivity contribution in [2.24, 2.45) is 5.92 Å². The molecule has 0 amide bonds. The molecule has 0 saturated heterocycles. The van der Waals surface area contributed by atoms with Crippen molar-refractivity contribution in [3.8, 4) is 0 Å². The molecule has 1 aliphatic heterocycles. The first-order valence-electron chi connectivity index (χ1n) is 8.20.